The van der Waals surface area contributed by atoms with Gasteiger partial charge in [-0.05, 0) is 72.8 Å². The van der Waals surface area contributed by atoms with Crippen molar-refractivity contribution in [1.29, 1.82) is 0 Å². The monoisotopic (exact) mass is 560 g/mol. The summed E-state index contributed by atoms with van der Waals surface area (Å²) in [6.45, 7) is 7.42. The van der Waals surface area contributed by atoms with Crippen LogP contribution in [-0.2, 0) is 20.0 Å². The van der Waals surface area contributed by atoms with Crippen LogP contribution < -0.4 is 5.32 Å². The quantitative estimate of drug-likeness (QED) is 0.265. The van der Waals surface area contributed by atoms with Crippen molar-refractivity contribution in [2.75, 3.05) is 11.6 Å². The van der Waals surface area contributed by atoms with Gasteiger partial charge in [-0.1, -0.05) is 49.2 Å². The van der Waals surface area contributed by atoms with E-state index in [1.54, 1.807) is 38.2 Å². The maximum absolute atomic E-state index is 13.1. The normalized spacial score (nSPS) is 12.6. The smallest absolute Gasteiger partial charge is 0.265 e. The van der Waals surface area contributed by atoms with Crippen LogP contribution in [-0.4, -0.2) is 25.6 Å². The molecule has 0 atom stereocenters. The van der Waals surface area contributed by atoms with Gasteiger partial charge in [0.25, 0.3) is 5.91 Å². The Balaban J connectivity index is 1.63. The van der Waals surface area contributed by atoms with Gasteiger partial charge in [0.2, 0.25) is 0 Å². The summed E-state index contributed by atoms with van der Waals surface area (Å²) in [4.78, 5) is 18.0. The zero-order chi connectivity index (χ0) is 26.5. The fourth-order valence-corrected chi connectivity index (χ4v) is 5.59. The molecule has 0 spiro atoms. The molecular formula is C27H26Cl2N2O3S2. The number of hydrogen-bond acceptors (Lipinski definition) is 5. The SMILES string of the molecule is CC(C)(c1ccc(Cl)cc1)c1cc(Cl)cc(NC(=O)c2cc3cc(C(C)(C)S(C)(=O)=O)ncc3s2)c1. The van der Waals surface area contributed by atoms with Gasteiger partial charge in [-0.3, -0.25) is 9.78 Å². The predicted octanol–water partition coefficient (Wildman–Crippen LogP) is 7.46. The summed E-state index contributed by atoms with van der Waals surface area (Å²) in [5.74, 6) is -0.280. The summed E-state index contributed by atoms with van der Waals surface area (Å²) >= 11 is 13.8. The number of nitrogens with one attached hydrogen (secondary N) is 1. The van der Waals surface area contributed by atoms with E-state index in [1.165, 1.54) is 17.6 Å². The Labute approximate surface area is 225 Å². The lowest BCUT2D eigenvalue weighted by Gasteiger charge is -2.27. The van der Waals surface area contributed by atoms with E-state index < -0.39 is 14.6 Å². The van der Waals surface area contributed by atoms with Crippen molar-refractivity contribution in [3.63, 3.8) is 0 Å². The summed E-state index contributed by atoms with van der Waals surface area (Å²) in [5.41, 5.74) is 2.66. The topological polar surface area (TPSA) is 76.1 Å². The van der Waals surface area contributed by atoms with E-state index in [2.05, 4.69) is 24.1 Å². The van der Waals surface area contributed by atoms with Gasteiger partial charge in [0.1, 0.15) is 4.75 Å². The van der Waals surface area contributed by atoms with Gasteiger partial charge in [0.05, 0.1) is 15.3 Å². The number of thiophene rings is 1. The zero-order valence-corrected chi connectivity index (χ0v) is 23.7. The van der Waals surface area contributed by atoms with Crippen LogP contribution in [0.4, 0.5) is 5.69 Å². The average Bonchev–Trinajstić information content (AvgIpc) is 3.22. The lowest BCUT2D eigenvalue weighted by molar-refractivity contribution is 0.103. The maximum Gasteiger partial charge on any atom is 0.265 e. The first kappa shape index (κ1) is 26.6. The lowest BCUT2D eigenvalue weighted by Crippen LogP contribution is -2.29. The molecule has 4 aromatic rings. The van der Waals surface area contributed by atoms with Crippen molar-refractivity contribution < 1.29 is 13.2 Å². The van der Waals surface area contributed by atoms with E-state index in [9.17, 15) is 13.2 Å². The molecule has 36 heavy (non-hydrogen) atoms. The van der Waals surface area contributed by atoms with E-state index in [4.69, 9.17) is 23.2 Å². The highest BCUT2D eigenvalue weighted by Gasteiger charge is 2.34. The van der Waals surface area contributed by atoms with Gasteiger partial charge < -0.3 is 5.32 Å². The van der Waals surface area contributed by atoms with Crippen LogP contribution in [0.3, 0.4) is 0 Å². The Bertz CT molecular complexity index is 1570. The molecule has 0 unspecified atom stereocenters. The molecule has 5 nitrogen and oxygen atoms in total. The summed E-state index contributed by atoms with van der Waals surface area (Å²) in [6.07, 6.45) is 2.81. The molecule has 0 aliphatic rings. The van der Waals surface area contributed by atoms with E-state index in [0.717, 1.165) is 21.2 Å². The molecule has 188 valence electrons. The van der Waals surface area contributed by atoms with Crippen LogP contribution >= 0.6 is 34.5 Å². The van der Waals surface area contributed by atoms with E-state index >= 15 is 0 Å². The Morgan fingerprint density at radius 1 is 0.917 bits per heavy atom. The molecule has 0 aliphatic carbocycles. The Hall–Kier alpha value is -2.45. The largest absolute Gasteiger partial charge is 0.321 e. The second kappa shape index (κ2) is 9.45. The molecule has 0 fully saturated rings. The van der Waals surface area contributed by atoms with Crippen molar-refractivity contribution in [3.05, 3.63) is 92.5 Å². The van der Waals surface area contributed by atoms with E-state index in [1.807, 2.05) is 36.4 Å². The highest BCUT2D eigenvalue weighted by atomic mass is 35.5. The number of anilines is 1. The first-order chi connectivity index (χ1) is 16.7. The summed E-state index contributed by atoms with van der Waals surface area (Å²) in [5, 5.41) is 4.90. The zero-order valence-electron chi connectivity index (χ0n) is 20.5. The van der Waals surface area contributed by atoms with Gasteiger partial charge >= 0.3 is 0 Å². The Kier molecular flexibility index (Phi) is 6.99. The van der Waals surface area contributed by atoms with Crippen molar-refractivity contribution >= 4 is 66.1 Å². The highest BCUT2D eigenvalue weighted by Crippen LogP contribution is 2.36. The van der Waals surface area contributed by atoms with E-state index in [0.29, 0.717) is 26.3 Å². The molecule has 0 bridgehead atoms. The molecule has 2 aromatic carbocycles. The molecule has 0 aliphatic heterocycles. The summed E-state index contributed by atoms with van der Waals surface area (Å²) in [6, 6.07) is 16.7. The first-order valence-electron chi connectivity index (χ1n) is 11.2. The van der Waals surface area contributed by atoms with Gasteiger partial charge in [-0.2, -0.15) is 0 Å². The second-order valence-corrected chi connectivity index (χ2v) is 14.3. The van der Waals surface area contributed by atoms with Crippen LogP contribution in [0.5, 0.6) is 0 Å². The van der Waals surface area contributed by atoms with Crippen LogP contribution in [0.15, 0.2) is 60.8 Å². The van der Waals surface area contributed by atoms with Crippen LogP contribution in [0, 0.1) is 0 Å². The summed E-state index contributed by atoms with van der Waals surface area (Å²) in [7, 11) is -3.37. The van der Waals surface area contributed by atoms with Crippen LogP contribution in [0.1, 0.15) is 54.2 Å². The number of hydrogen-bond donors (Lipinski definition) is 1. The van der Waals surface area contributed by atoms with Crippen molar-refractivity contribution in [2.45, 2.75) is 37.9 Å². The number of carbonyl (C=O) groups is 1. The van der Waals surface area contributed by atoms with Crippen molar-refractivity contribution in [1.82, 2.24) is 4.98 Å². The molecule has 0 saturated heterocycles. The number of sulfone groups is 1. The minimum Gasteiger partial charge on any atom is -0.321 e. The number of nitrogens with zero attached hydrogens (tertiary/aromatic N) is 1. The van der Waals surface area contributed by atoms with Gasteiger partial charge in [-0.15, -0.1) is 11.3 Å². The second-order valence-electron chi connectivity index (χ2n) is 9.82. The molecular weight excluding hydrogens is 535 g/mol. The third kappa shape index (κ3) is 5.16. The van der Waals surface area contributed by atoms with Gasteiger partial charge in [0.15, 0.2) is 9.84 Å². The average molecular weight is 562 g/mol. The number of amides is 1. The third-order valence-electron chi connectivity index (χ3n) is 6.62. The number of carbonyl (C=O) groups excluding carboxylic acids is 1. The number of benzene rings is 2. The fourth-order valence-electron chi connectivity index (χ4n) is 3.83. The lowest BCUT2D eigenvalue weighted by atomic mass is 9.78. The van der Waals surface area contributed by atoms with Crippen molar-refractivity contribution in [3.8, 4) is 0 Å². The molecule has 0 radical (unpaired) electrons. The minimum atomic E-state index is -3.37. The number of aromatic nitrogens is 1. The molecule has 0 saturated carbocycles. The van der Waals surface area contributed by atoms with Crippen LogP contribution in [0.25, 0.3) is 10.1 Å². The minimum absolute atomic E-state index is 0.280. The van der Waals surface area contributed by atoms with Crippen LogP contribution in [0.2, 0.25) is 10.0 Å². The van der Waals surface area contributed by atoms with Gasteiger partial charge in [0, 0.05) is 33.6 Å². The summed E-state index contributed by atoms with van der Waals surface area (Å²) < 4.78 is 24.1. The highest BCUT2D eigenvalue weighted by molar-refractivity contribution is 7.91. The number of fused-ring (bicyclic) bond motifs is 1. The molecule has 1 amide bonds. The number of pyridine rings is 1. The molecule has 2 aromatic heterocycles. The maximum atomic E-state index is 13.1. The molecule has 1 N–H and O–H groups in total. The molecule has 2 heterocycles. The van der Waals surface area contributed by atoms with E-state index in [-0.39, 0.29) is 11.3 Å². The molecule has 9 heteroatoms. The Morgan fingerprint density at radius 3 is 2.22 bits per heavy atom. The standard InChI is InChI=1S/C27H26Cl2N2O3S2/c1-26(2,17-6-8-19(28)9-7-17)18-12-20(29)14-21(13-18)31-25(32)22-10-16-11-24(30-15-23(16)35-22)27(3,4)36(5,33)34/h6-15H,1-5H3,(H,31,32). The molecule has 4 rings (SSSR count). The Morgan fingerprint density at radius 2 is 1.58 bits per heavy atom. The first-order valence-corrected chi connectivity index (χ1v) is 14.6. The predicted molar refractivity (Wildman–Crippen MR) is 150 cm³/mol. The van der Waals surface area contributed by atoms with Crippen molar-refractivity contribution in [2.24, 2.45) is 0 Å². The fraction of sp³-hybridized carbons (Fsp3) is 0.259. The number of rotatable bonds is 6. The third-order valence-corrected chi connectivity index (χ3v) is 10.2. The number of halogens is 2. The van der Waals surface area contributed by atoms with Gasteiger partial charge in [-0.25, -0.2) is 8.42 Å².